The topological polar surface area (TPSA) is 87.6 Å². The van der Waals surface area contributed by atoms with Crippen LogP contribution in [-0.4, -0.2) is 25.2 Å². The second kappa shape index (κ2) is 8.29. The van der Waals surface area contributed by atoms with E-state index in [1.807, 2.05) is 6.26 Å². The van der Waals surface area contributed by atoms with Crippen LogP contribution in [0, 0.1) is 0 Å². The number of allylic oxidation sites excluding steroid dienone is 2. The molecule has 0 saturated carbocycles. The lowest BCUT2D eigenvalue weighted by atomic mass is 10.0. The Morgan fingerprint density at radius 1 is 1.38 bits per heavy atom. The first-order chi connectivity index (χ1) is 9.97. The number of rotatable bonds is 7. The molecule has 0 aromatic heterocycles. The number of nitrogens with two attached hydrogens (primary N) is 2. The Morgan fingerprint density at radius 3 is 2.57 bits per heavy atom. The monoisotopic (exact) mass is 330 g/mol. The van der Waals surface area contributed by atoms with Gasteiger partial charge in [0.25, 0.3) is 0 Å². The zero-order valence-electron chi connectivity index (χ0n) is 12.2. The van der Waals surface area contributed by atoms with E-state index >= 15 is 0 Å². The summed E-state index contributed by atoms with van der Waals surface area (Å²) < 4.78 is 5.56. The number of ether oxygens (including phenoxy) is 1. The summed E-state index contributed by atoms with van der Waals surface area (Å²) in [5, 5.41) is 0.268. The van der Waals surface area contributed by atoms with Crippen LogP contribution in [0.2, 0.25) is 5.02 Å². The van der Waals surface area contributed by atoms with Crippen LogP contribution in [0.25, 0.3) is 0 Å². The van der Waals surface area contributed by atoms with Gasteiger partial charge in [-0.15, -0.1) is 11.8 Å². The highest BCUT2D eigenvalue weighted by Crippen LogP contribution is 2.38. The van der Waals surface area contributed by atoms with E-state index in [4.69, 9.17) is 28.0 Å². The lowest BCUT2D eigenvalue weighted by Crippen LogP contribution is -2.13. The number of ketones is 1. The van der Waals surface area contributed by atoms with Crippen LogP contribution in [0.5, 0.6) is 5.75 Å². The number of Topliss-reactive ketones (excluding diaryl/α,β-unsaturated/α-hetero) is 1. The Labute approximate surface area is 133 Å². The third-order valence-corrected chi connectivity index (χ3v) is 4.07. The molecule has 0 heterocycles. The molecule has 0 unspecified atom stereocenters. The Hall–Kier alpha value is -1.21. The maximum atomic E-state index is 12.4. The zero-order valence-corrected chi connectivity index (χ0v) is 13.8. The minimum absolute atomic E-state index is 0.256. The molecular weight excluding hydrogens is 312 g/mol. The molecule has 0 atom stereocenters. The molecule has 116 valence electrons. The molecule has 0 bridgehead atoms. The standard InChI is InChI=1S/C14H19ClN2O3S/c1-8(9(2)20-17)13(18)10-4-5-11(21-3)14(12(10)15)19-7-6-16/h4-5H,6-7,16-17H2,1-3H3/b9-8+. The van der Waals surface area contributed by atoms with E-state index in [-0.39, 0.29) is 10.8 Å². The summed E-state index contributed by atoms with van der Waals surface area (Å²) in [6.07, 6.45) is 1.90. The summed E-state index contributed by atoms with van der Waals surface area (Å²) in [7, 11) is 0. The molecule has 0 spiro atoms. The van der Waals surface area contributed by atoms with Gasteiger partial charge in [-0.25, -0.2) is 0 Å². The smallest absolute Gasteiger partial charge is 0.193 e. The normalized spacial score (nSPS) is 11.9. The van der Waals surface area contributed by atoms with Gasteiger partial charge in [-0.3, -0.25) is 4.79 Å². The molecule has 0 aliphatic rings. The van der Waals surface area contributed by atoms with Crippen molar-refractivity contribution in [3.05, 3.63) is 34.1 Å². The van der Waals surface area contributed by atoms with E-state index in [2.05, 4.69) is 4.84 Å². The van der Waals surface area contributed by atoms with Gasteiger partial charge in [0.1, 0.15) is 12.4 Å². The van der Waals surface area contributed by atoms with Gasteiger partial charge < -0.3 is 15.3 Å². The molecule has 0 amide bonds. The van der Waals surface area contributed by atoms with Crippen LogP contribution >= 0.6 is 23.4 Å². The average Bonchev–Trinajstić information content (AvgIpc) is 2.51. The summed E-state index contributed by atoms with van der Waals surface area (Å²) in [5.74, 6) is 5.64. The van der Waals surface area contributed by atoms with Crippen molar-refractivity contribution in [1.29, 1.82) is 0 Å². The van der Waals surface area contributed by atoms with Crippen LogP contribution in [0.1, 0.15) is 24.2 Å². The van der Waals surface area contributed by atoms with Crippen molar-refractivity contribution in [2.45, 2.75) is 18.7 Å². The quantitative estimate of drug-likeness (QED) is 0.263. The maximum Gasteiger partial charge on any atom is 0.193 e. The van der Waals surface area contributed by atoms with Gasteiger partial charge >= 0.3 is 0 Å². The number of benzene rings is 1. The summed E-state index contributed by atoms with van der Waals surface area (Å²) in [6.45, 7) is 3.93. The van der Waals surface area contributed by atoms with Crippen molar-refractivity contribution in [1.82, 2.24) is 0 Å². The van der Waals surface area contributed by atoms with Crippen molar-refractivity contribution < 1.29 is 14.4 Å². The van der Waals surface area contributed by atoms with Gasteiger partial charge in [-0.2, -0.15) is 5.90 Å². The van der Waals surface area contributed by atoms with Gasteiger partial charge in [0.2, 0.25) is 0 Å². The first kappa shape index (κ1) is 17.8. The molecule has 1 aromatic rings. The third-order valence-electron chi connectivity index (χ3n) is 2.94. The van der Waals surface area contributed by atoms with Crippen molar-refractivity contribution in [2.75, 3.05) is 19.4 Å². The molecule has 7 heteroatoms. The highest BCUT2D eigenvalue weighted by Gasteiger charge is 2.20. The van der Waals surface area contributed by atoms with E-state index in [1.165, 1.54) is 11.8 Å². The summed E-state index contributed by atoms with van der Waals surface area (Å²) in [6, 6.07) is 3.46. The van der Waals surface area contributed by atoms with Crippen LogP contribution in [-0.2, 0) is 4.84 Å². The highest BCUT2D eigenvalue weighted by molar-refractivity contribution is 7.98. The van der Waals surface area contributed by atoms with Crippen molar-refractivity contribution in [3.63, 3.8) is 0 Å². The van der Waals surface area contributed by atoms with Crippen molar-refractivity contribution >= 4 is 29.1 Å². The molecule has 4 N–H and O–H groups in total. The van der Waals surface area contributed by atoms with Crippen LogP contribution < -0.4 is 16.4 Å². The fourth-order valence-corrected chi connectivity index (χ4v) is 2.53. The number of carbonyl (C=O) groups is 1. The van der Waals surface area contributed by atoms with Gasteiger partial charge in [-0.05, 0) is 32.2 Å². The Bertz CT molecular complexity index is 561. The van der Waals surface area contributed by atoms with Crippen molar-refractivity contribution in [3.8, 4) is 5.75 Å². The second-order valence-electron chi connectivity index (χ2n) is 4.22. The van der Waals surface area contributed by atoms with Crippen LogP contribution in [0.3, 0.4) is 0 Å². The fourth-order valence-electron chi connectivity index (χ4n) is 1.62. The number of hydrogen-bond donors (Lipinski definition) is 2. The van der Waals surface area contributed by atoms with E-state index in [0.29, 0.717) is 35.8 Å². The van der Waals surface area contributed by atoms with Gasteiger partial charge in [0.15, 0.2) is 11.5 Å². The predicted molar refractivity (Wildman–Crippen MR) is 85.8 cm³/mol. The molecule has 1 rings (SSSR count). The number of hydrogen-bond acceptors (Lipinski definition) is 6. The summed E-state index contributed by atoms with van der Waals surface area (Å²) >= 11 is 7.80. The number of carbonyl (C=O) groups excluding carboxylic acids is 1. The summed E-state index contributed by atoms with van der Waals surface area (Å²) in [4.78, 5) is 17.9. The Morgan fingerprint density at radius 2 is 2.05 bits per heavy atom. The fraction of sp³-hybridized carbons (Fsp3) is 0.357. The molecule has 21 heavy (non-hydrogen) atoms. The van der Waals surface area contributed by atoms with Gasteiger partial charge in [-0.1, -0.05) is 11.6 Å². The van der Waals surface area contributed by atoms with E-state index in [0.717, 1.165) is 4.90 Å². The molecular formula is C14H19ClN2O3S. The van der Waals surface area contributed by atoms with E-state index in [1.54, 1.807) is 26.0 Å². The average molecular weight is 331 g/mol. The number of halogens is 1. The highest BCUT2D eigenvalue weighted by atomic mass is 35.5. The minimum atomic E-state index is -0.256. The first-order valence-corrected chi connectivity index (χ1v) is 7.86. The predicted octanol–water partition coefficient (Wildman–Crippen LogP) is 2.77. The molecule has 0 saturated heterocycles. The number of thioether (sulfide) groups is 1. The molecule has 0 aliphatic carbocycles. The first-order valence-electron chi connectivity index (χ1n) is 6.26. The molecule has 0 fully saturated rings. The molecule has 0 radical (unpaired) electrons. The maximum absolute atomic E-state index is 12.4. The lowest BCUT2D eigenvalue weighted by Gasteiger charge is -2.14. The van der Waals surface area contributed by atoms with Gasteiger partial charge in [0, 0.05) is 17.7 Å². The zero-order chi connectivity index (χ0) is 16.0. The minimum Gasteiger partial charge on any atom is -0.490 e. The Balaban J connectivity index is 3.29. The van der Waals surface area contributed by atoms with Crippen molar-refractivity contribution in [2.24, 2.45) is 11.6 Å². The Kier molecular flexibility index (Phi) is 7.04. The third kappa shape index (κ3) is 4.14. The second-order valence-corrected chi connectivity index (χ2v) is 5.45. The molecule has 5 nitrogen and oxygen atoms in total. The SMILES string of the molecule is CSc1ccc(C(=O)/C(C)=C(\C)ON)c(Cl)c1OCCN. The lowest BCUT2D eigenvalue weighted by molar-refractivity contribution is 0.102. The molecule has 1 aromatic carbocycles. The van der Waals surface area contributed by atoms with Gasteiger partial charge in [0.05, 0.1) is 9.92 Å². The van der Waals surface area contributed by atoms with Crippen LogP contribution in [0.4, 0.5) is 0 Å². The summed E-state index contributed by atoms with van der Waals surface area (Å²) in [5.41, 5.74) is 6.17. The van der Waals surface area contributed by atoms with Crippen LogP contribution in [0.15, 0.2) is 28.4 Å². The largest absolute Gasteiger partial charge is 0.490 e. The van der Waals surface area contributed by atoms with E-state index in [9.17, 15) is 4.79 Å². The molecule has 0 aliphatic heterocycles. The van der Waals surface area contributed by atoms with E-state index < -0.39 is 0 Å².